The van der Waals surface area contributed by atoms with Gasteiger partial charge < -0.3 is 10.2 Å². The van der Waals surface area contributed by atoms with Gasteiger partial charge in [-0.15, -0.1) is 0 Å². The molecule has 1 amide bonds. The minimum absolute atomic E-state index is 0.300. The molecule has 3 heterocycles. The zero-order chi connectivity index (χ0) is 15.6. The molecular formula is C17H26N4OS. The van der Waals surface area contributed by atoms with Gasteiger partial charge in [0.05, 0.1) is 24.5 Å². The molecule has 0 spiro atoms. The molecule has 0 bridgehead atoms. The molecule has 2 fully saturated rings. The molecule has 1 saturated carbocycles. The van der Waals surface area contributed by atoms with E-state index >= 15 is 0 Å². The highest BCUT2D eigenvalue weighted by Crippen LogP contribution is 2.29. The first-order valence-corrected chi connectivity index (χ1v) is 10.1. The van der Waals surface area contributed by atoms with Gasteiger partial charge in [-0.3, -0.25) is 9.48 Å². The summed E-state index contributed by atoms with van der Waals surface area (Å²) in [6.07, 6.45) is 5.99. The monoisotopic (exact) mass is 334 g/mol. The predicted molar refractivity (Wildman–Crippen MR) is 92.2 cm³/mol. The van der Waals surface area contributed by atoms with Crippen molar-refractivity contribution in [3.05, 3.63) is 17.5 Å². The van der Waals surface area contributed by atoms with Crippen LogP contribution in [0.25, 0.3) is 0 Å². The van der Waals surface area contributed by atoms with E-state index in [-0.39, 0.29) is 0 Å². The van der Waals surface area contributed by atoms with Crippen molar-refractivity contribution in [3.63, 3.8) is 0 Å². The first kappa shape index (κ1) is 15.5. The molecular weight excluding hydrogens is 308 g/mol. The number of nitrogens with one attached hydrogen (secondary N) is 1. The van der Waals surface area contributed by atoms with Crippen molar-refractivity contribution >= 4 is 17.7 Å². The van der Waals surface area contributed by atoms with E-state index < -0.39 is 0 Å². The minimum atomic E-state index is 0.300. The molecule has 5 nitrogen and oxygen atoms in total. The number of thioether (sulfide) groups is 1. The lowest BCUT2D eigenvalue weighted by molar-refractivity contribution is -0.139. The molecule has 0 radical (unpaired) electrons. The largest absolute Gasteiger partial charge is 0.335 e. The van der Waals surface area contributed by atoms with E-state index in [9.17, 15) is 4.79 Å². The van der Waals surface area contributed by atoms with E-state index in [2.05, 4.69) is 16.1 Å². The van der Waals surface area contributed by atoms with Crippen LogP contribution in [0.2, 0.25) is 0 Å². The molecule has 1 unspecified atom stereocenters. The molecule has 1 aromatic heterocycles. The molecule has 1 saturated heterocycles. The Morgan fingerprint density at radius 1 is 1.30 bits per heavy atom. The summed E-state index contributed by atoms with van der Waals surface area (Å²) in [5.74, 6) is 3.19. The molecule has 23 heavy (non-hydrogen) atoms. The van der Waals surface area contributed by atoms with E-state index in [0.29, 0.717) is 17.9 Å². The van der Waals surface area contributed by atoms with Crippen molar-refractivity contribution in [1.82, 2.24) is 20.0 Å². The zero-order valence-electron chi connectivity index (χ0n) is 13.7. The number of fused-ring (bicyclic) bond motifs is 1. The molecule has 1 aromatic rings. The first-order valence-electron chi connectivity index (χ1n) is 8.95. The summed E-state index contributed by atoms with van der Waals surface area (Å²) in [5.41, 5.74) is 2.31. The average molecular weight is 334 g/mol. The van der Waals surface area contributed by atoms with Gasteiger partial charge in [0.2, 0.25) is 5.91 Å². The van der Waals surface area contributed by atoms with E-state index in [1.165, 1.54) is 36.5 Å². The maximum absolute atomic E-state index is 12.4. The van der Waals surface area contributed by atoms with Crippen LogP contribution in [0.3, 0.4) is 0 Å². The minimum Gasteiger partial charge on any atom is -0.335 e. The molecule has 126 valence electrons. The Morgan fingerprint density at radius 2 is 2.22 bits per heavy atom. The normalized spacial score (nSPS) is 25.0. The fourth-order valence-corrected chi connectivity index (χ4v) is 4.77. The first-order chi connectivity index (χ1) is 11.3. The lowest BCUT2D eigenvalue weighted by Crippen LogP contribution is -2.43. The Labute approximate surface area is 142 Å². The molecule has 1 N–H and O–H groups in total. The highest BCUT2D eigenvalue weighted by molar-refractivity contribution is 7.99. The molecule has 1 atom stereocenters. The topological polar surface area (TPSA) is 50.2 Å². The Balaban J connectivity index is 1.34. The van der Waals surface area contributed by atoms with Crippen LogP contribution in [0, 0.1) is 5.92 Å². The maximum atomic E-state index is 12.4. The zero-order valence-corrected chi connectivity index (χ0v) is 14.5. The highest BCUT2D eigenvalue weighted by Gasteiger charge is 2.31. The van der Waals surface area contributed by atoms with Gasteiger partial charge in [0, 0.05) is 30.8 Å². The lowest BCUT2D eigenvalue weighted by atomic mass is 9.84. The van der Waals surface area contributed by atoms with Gasteiger partial charge in [0.25, 0.3) is 0 Å². The number of amides is 1. The van der Waals surface area contributed by atoms with E-state index in [1.54, 1.807) is 0 Å². The fraction of sp³-hybridized carbons (Fsp3) is 0.765. The van der Waals surface area contributed by atoms with Gasteiger partial charge >= 0.3 is 0 Å². The molecule has 0 aromatic carbocycles. The van der Waals surface area contributed by atoms with Crippen molar-refractivity contribution in [2.24, 2.45) is 5.92 Å². The van der Waals surface area contributed by atoms with Gasteiger partial charge in [0.1, 0.15) is 0 Å². The van der Waals surface area contributed by atoms with E-state index in [1.807, 2.05) is 16.7 Å². The number of carbonyl (C=O) groups excluding carboxylic acids is 1. The maximum Gasteiger partial charge on any atom is 0.226 e. The van der Waals surface area contributed by atoms with Crippen molar-refractivity contribution in [2.45, 2.75) is 57.8 Å². The van der Waals surface area contributed by atoms with Gasteiger partial charge in [-0.1, -0.05) is 6.42 Å². The van der Waals surface area contributed by atoms with Crippen LogP contribution in [0.15, 0.2) is 6.07 Å². The number of hydrogen-bond donors (Lipinski definition) is 1. The second-order valence-electron chi connectivity index (χ2n) is 7.03. The number of carbonyl (C=O) groups is 1. The highest BCUT2D eigenvalue weighted by atomic mass is 32.2. The average Bonchev–Trinajstić information content (AvgIpc) is 2.94. The third kappa shape index (κ3) is 3.43. The quantitative estimate of drug-likeness (QED) is 0.915. The van der Waals surface area contributed by atoms with Crippen LogP contribution in [0.4, 0.5) is 0 Å². The molecule has 4 rings (SSSR count). The van der Waals surface area contributed by atoms with E-state index in [0.717, 1.165) is 44.7 Å². The smallest absolute Gasteiger partial charge is 0.226 e. The molecule has 3 aliphatic rings. The third-order valence-corrected chi connectivity index (χ3v) is 6.56. The number of hydrogen-bond acceptors (Lipinski definition) is 4. The van der Waals surface area contributed by atoms with Crippen LogP contribution in [0.5, 0.6) is 0 Å². The Bertz CT molecular complexity index is 563. The summed E-state index contributed by atoms with van der Waals surface area (Å²) < 4.78 is 2.09. The van der Waals surface area contributed by atoms with Crippen LogP contribution < -0.4 is 5.32 Å². The summed E-state index contributed by atoms with van der Waals surface area (Å²) in [6, 6.07) is 2.81. The molecule has 6 heteroatoms. The van der Waals surface area contributed by atoms with Crippen LogP contribution in [0.1, 0.15) is 43.5 Å². The van der Waals surface area contributed by atoms with Crippen molar-refractivity contribution in [2.75, 3.05) is 18.1 Å². The van der Waals surface area contributed by atoms with Crippen LogP contribution in [-0.4, -0.2) is 44.7 Å². The Kier molecular flexibility index (Phi) is 4.62. The lowest BCUT2D eigenvalue weighted by Gasteiger charge is -2.34. The Hall–Kier alpha value is -1.01. The van der Waals surface area contributed by atoms with E-state index in [4.69, 9.17) is 5.10 Å². The second kappa shape index (κ2) is 6.85. The van der Waals surface area contributed by atoms with Crippen molar-refractivity contribution in [3.8, 4) is 0 Å². The van der Waals surface area contributed by atoms with Crippen LogP contribution >= 0.6 is 11.8 Å². The van der Waals surface area contributed by atoms with Crippen molar-refractivity contribution < 1.29 is 4.79 Å². The number of rotatable bonds is 4. The van der Waals surface area contributed by atoms with Crippen LogP contribution in [-0.2, 0) is 24.4 Å². The SMILES string of the molecule is O=C(C1CCC1)N1CCn2nc(CNC3CCCSC3)cc2C1. The fourth-order valence-electron chi connectivity index (χ4n) is 3.66. The van der Waals surface area contributed by atoms with Gasteiger partial charge in [-0.05, 0) is 37.5 Å². The predicted octanol–water partition coefficient (Wildman–Crippen LogP) is 2.01. The summed E-state index contributed by atoms with van der Waals surface area (Å²) >= 11 is 2.05. The number of aromatic nitrogens is 2. The summed E-state index contributed by atoms with van der Waals surface area (Å²) in [7, 11) is 0. The van der Waals surface area contributed by atoms with Gasteiger partial charge in [-0.2, -0.15) is 16.9 Å². The Morgan fingerprint density at radius 3 is 2.96 bits per heavy atom. The number of nitrogens with zero attached hydrogens (tertiary/aromatic N) is 3. The summed E-state index contributed by atoms with van der Waals surface area (Å²) in [4.78, 5) is 14.4. The molecule has 2 aliphatic heterocycles. The second-order valence-corrected chi connectivity index (χ2v) is 8.18. The summed E-state index contributed by atoms with van der Waals surface area (Å²) in [5, 5.41) is 8.36. The standard InChI is InChI=1S/C17H26N4OS/c22-17(13-3-1-4-13)20-6-7-21-16(11-20)9-15(19-21)10-18-14-5-2-8-23-12-14/h9,13-14,18H,1-8,10-12H2. The third-order valence-electron chi connectivity index (χ3n) is 5.35. The van der Waals surface area contributed by atoms with Crippen molar-refractivity contribution in [1.29, 1.82) is 0 Å². The van der Waals surface area contributed by atoms with Gasteiger partial charge in [0.15, 0.2) is 0 Å². The summed E-state index contributed by atoms with van der Waals surface area (Å²) in [6.45, 7) is 3.24. The molecule has 1 aliphatic carbocycles. The van der Waals surface area contributed by atoms with Gasteiger partial charge in [-0.25, -0.2) is 0 Å².